The zero-order chi connectivity index (χ0) is 27.2. The molecule has 0 aromatic carbocycles. The van der Waals surface area contributed by atoms with Gasteiger partial charge >= 0.3 is 5.97 Å². The van der Waals surface area contributed by atoms with Crippen molar-refractivity contribution in [3.05, 3.63) is 0 Å². The molecule has 0 bridgehead atoms. The third-order valence-corrected chi connectivity index (χ3v) is 6.87. The van der Waals surface area contributed by atoms with Crippen molar-refractivity contribution in [3.63, 3.8) is 0 Å². The lowest BCUT2D eigenvalue weighted by molar-refractivity contribution is -0.150. The van der Waals surface area contributed by atoms with E-state index in [4.69, 9.17) is 15.6 Å². The predicted molar refractivity (Wildman–Crippen MR) is 144 cm³/mol. The normalized spacial score (nSPS) is 14.9. The predicted octanol–water partition coefficient (Wildman–Crippen LogP) is 3.83. The summed E-state index contributed by atoms with van der Waals surface area (Å²) >= 11 is 0. The molecule has 36 heavy (non-hydrogen) atoms. The van der Waals surface area contributed by atoms with Crippen LogP contribution in [0.2, 0.25) is 0 Å². The van der Waals surface area contributed by atoms with Gasteiger partial charge in [-0.05, 0) is 18.8 Å². The molecule has 0 saturated heterocycles. The number of rotatable bonds is 24. The topological polar surface area (TPSA) is 142 Å². The largest absolute Gasteiger partial charge is 0.465 e. The van der Waals surface area contributed by atoms with Crippen LogP contribution in [0.1, 0.15) is 117 Å². The van der Waals surface area contributed by atoms with Gasteiger partial charge in [-0.2, -0.15) is 0 Å². The number of amides is 1. The summed E-state index contributed by atoms with van der Waals surface area (Å²) in [6.45, 7) is 5.37. The van der Waals surface area contributed by atoms with E-state index < -0.39 is 42.7 Å². The molecule has 0 saturated carbocycles. The molecule has 4 unspecified atom stereocenters. The summed E-state index contributed by atoms with van der Waals surface area (Å²) in [5.74, 6) is -1.85. The Morgan fingerprint density at radius 2 is 1.33 bits per heavy atom. The second-order valence-corrected chi connectivity index (χ2v) is 10.5. The zero-order valence-electron chi connectivity index (χ0n) is 23.3. The summed E-state index contributed by atoms with van der Waals surface area (Å²) in [4.78, 5) is 24.0. The summed E-state index contributed by atoms with van der Waals surface area (Å²) in [7, 11) is 0. The molecule has 8 nitrogen and oxygen atoms in total. The molecule has 0 aliphatic heterocycles. The van der Waals surface area contributed by atoms with E-state index in [1.807, 2.05) is 13.8 Å². The van der Waals surface area contributed by atoms with E-state index in [2.05, 4.69) is 12.2 Å². The number of esters is 1. The fourth-order valence-corrected chi connectivity index (χ4v) is 4.18. The Kier molecular flexibility index (Phi) is 22.2. The molecule has 0 spiro atoms. The first-order chi connectivity index (χ1) is 17.2. The number of nitrogens with one attached hydrogen (secondary N) is 1. The van der Waals surface area contributed by atoms with E-state index in [0.29, 0.717) is 12.8 Å². The number of hydrogen-bond donors (Lipinski definition) is 5. The van der Waals surface area contributed by atoms with Gasteiger partial charge in [0.05, 0.1) is 25.2 Å². The van der Waals surface area contributed by atoms with Gasteiger partial charge in [-0.3, -0.25) is 9.59 Å². The molecule has 0 radical (unpaired) electrons. The number of ether oxygens (including phenoxy) is 1. The Labute approximate surface area is 219 Å². The van der Waals surface area contributed by atoms with Crippen LogP contribution in [0.5, 0.6) is 0 Å². The van der Waals surface area contributed by atoms with Gasteiger partial charge < -0.3 is 31.1 Å². The molecule has 0 aromatic heterocycles. The van der Waals surface area contributed by atoms with Crippen LogP contribution >= 0.6 is 0 Å². The van der Waals surface area contributed by atoms with Crippen LogP contribution < -0.4 is 11.1 Å². The SMILES string of the molecule is CCCCCCCCCCCCCCCC(O)C(N)CCOC(=O)C(CNC(=O)C(O)CO)C(C)C. The number of aliphatic hydroxyl groups excluding tert-OH is 3. The Balaban J connectivity index is 3.87. The number of aliphatic hydroxyl groups is 3. The van der Waals surface area contributed by atoms with Crippen LogP contribution in [0.4, 0.5) is 0 Å². The van der Waals surface area contributed by atoms with Crippen LogP contribution in [0.25, 0.3) is 0 Å². The molecule has 1 amide bonds. The number of carbonyl (C=O) groups excluding carboxylic acids is 2. The summed E-state index contributed by atoms with van der Waals surface area (Å²) in [6, 6.07) is -0.452. The molecular weight excluding hydrogens is 460 g/mol. The fourth-order valence-electron chi connectivity index (χ4n) is 4.18. The smallest absolute Gasteiger partial charge is 0.310 e. The summed E-state index contributed by atoms with van der Waals surface area (Å²) in [5.41, 5.74) is 6.08. The maximum atomic E-state index is 12.4. The minimum atomic E-state index is -1.51. The maximum absolute atomic E-state index is 12.4. The van der Waals surface area contributed by atoms with Gasteiger partial charge in [0.15, 0.2) is 6.10 Å². The average molecular weight is 517 g/mol. The molecule has 0 rings (SSSR count). The van der Waals surface area contributed by atoms with E-state index in [1.54, 1.807) is 0 Å². The number of carbonyl (C=O) groups is 2. The van der Waals surface area contributed by atoms with Crippen LogP contribution in [0.3, 0.4) is 0 Å². The van der Waals surface area contributed by atoms with Gasteiger partial charge in [-0.1, -0.05) is 104 Å². The molecule has 214 valence electrons. The third kappa shape index (κ3) is 18.1. The van der Waals surface area contributed by atoms with Crippen molar-refractivity contribution in [2.45, 2.75) is 135 Å². The molecular formula is C28H56N2O6. The monoisotopic (exact) mass is 516 g/mol. The first-order valence-electron chi connectivity index (χ1n) is 14.4. The lowest BCUT2D eigenvalue weighted by Gasteiger charge is -2.22. The fraction of sp³-hybridized carbons (Fsp3) is 0.929. The van der Waals surface area contributed by atoms with Gasteiger partial charge in [-0.15, -0.1) is 0 Å². The second-order valence-electron chi connectivity index (χ2n) is 10.5. The molecule has 0 fully saturated rings. The van der Waals surface area contributed by atoms with Crippen molar-refractivity contribution in [2.24, 2.45) is 17.6 Å². The summed E-state index contributed by atoms with van der Waals surface area (Å²) < 4.78 is 5.33. The Morgan fingerprint density at radius 1 is 0.833 bits per heavy atom. The average Bonchev–Trinajstić information content (AvgIpc) is 2.85. The van der Waals surface area contributed by atoms with Gasteiger partial charge in [0.2, 0.25) is 0 Å². The molecule has 6 N–H and O–H groups in total. The molecule has 0 heterocycles. The van der Waals surface area contributed by atoms with Crippen LogP contribution in [0.15, 0.2) is 0 Å². The van der Waals surface area contributed by atoms with Crippen LogP contribution in [-0.2, 0) is 14.3 Å². The molecule has 8 heteroatoms. The highest BCUT2D eigenvalue weighted by atomic mass is 16.5. The Hall–Kier alpha value is -1.22. The first-order valence-corrected chi connectivity index (χ1v) is 14.4. The van der Waals surface area contributed by atoms with E-state index in [1.165, 1.54) is 70.6 Å². The van der Waals surface area contributed by atoms with E-state index in [0.717, 1.165) is 12.8 Å². The van der Waals surface area contributed by atoms with E-state index in [9.17, 15) is 19.8 Å². The van der Waals surface area contributed by atoms with Crippen molar-refractivity contribution in [2.75, 3.05) is 19.8 Å². The zero-order valence-corrected chi connectivity index (χ0v) is 23.3. The third-order valence-electron chi connectivity index (χ3n) is 6.87. The van der Waals surface area contributed by atoms with Gasteiger partial charge in [0, 0.05) is 12.6 Å². The van der Waals surface area contributed by atoms with E-state index >= 15 is 0 Å². The lowest BCUT2D eigenvalue weighted by Crippen LogP contribution is -2.42. The van der Waals surface area contributed by atoms with Crippen molar-refractivity contribution in [1.29, 1.82) is 0 Å². The quantitative estimate of drug-likeness (QED) is 0.0969. The molecule has 0 aromatic rings. The Morgan fingerprint density at radius 3 is 1.81 bits per heavy atom. The highest BCUT2D eigenvalue weighted by Gasteiger charge is 2.26. The van der Waals surface area contributed by atoms with Crippen LogP contribution in [-0.4, -0.2) is 65.2 Å². The lowest BCUT2D eigenvalue weighted by atomic mass is 9.96. The second kappa shape index (κ2) is 22.9. The summed E-state index contributed by atoms with van der Waals surface area (Å²) in [5, 5.41) is 30.9. The number of hydrogen-bond acceptors (Lipinski definition) is 7. The van der Waals surface area contributed by atoms with Gasteiger partial charge in [0.1, 0.15) is 0 Å². The minimum Gasteiger partial charge on any atom is -0.465 e. The summed E-state index contributed by atoms with van der Waals surface area (Å²) in [6.07, 6.45) is 15.6. The van der Waals surface area contributed by atoms with Crippen molar-refractivity contribution in [1.82, 2.24) is 5.32 Å². The highest BCUT2D eigenvalue weighted by Crippen LogP contribution is 2.15. The van der Waals surface area contributed by atoms with Crippen LogP contribution in [0, 0.1) is 11.8 Å². The van der Waals surface area contributed by atoms with Gasteiger partial charge in [0.25, 0.3) is 5.91 Å². The first kappa shape index (κ1) is 34.8. The van der Waals surface area contributed by atoms with E-state index in [-0.39, 0.29) is 19.1 Å². The maximum Gasteiger partial charge on any atom is 0.310 e. The molecule has 4 atom stereocenters. The highest BCUT2D eigenvalue weighted by molar-refractivity contribution is 5.81. The number of unbranched alkanes of at least 4 members (excludes halogenated alkanes) is 12. The molecule has 0 aliphatic rings. The Bertz CT molecular complexity index is 546. The van der Waals surface area contributed by atoms with Crippen molar-refractivity contribution in [3.8, 4) is 0 Å². The standard InChI is InChI=1S/C28H56N2O6/c1-4-5-6-7-8-9-10-11-12-13-14-15-16-17-25(32)24(29)18-19-36-28(35)23(22(2)3)20-30-27(34)26(33)21-31/h22-26,31-33H,4-21,29H2,1-3H3,(H,30,34). The van der Waals surface area contributed by atoms with Gasteiger partial charge in [-0.25, -0.2) is 0 Å². The van der Waals surface area contributed by atoms with Crippen molar-refractivity contribution >= 4 is 11.9 Å². The minimum absolute atomic E-state index is 0.0140. The number of nitrogens with two attached hydrogens (primary N) is 1. The van der Waals surface area contributed by atoms with Crippen molar-refractivity contribution < 1.29 is 29.6 Å². The molecule has 0 aliphatic carbocycles.